The molecule has 7 nitrogen and oxygen atoms in total. The van der Waals surface area contributed by atoms with Crippen molar-refractivity contribution >= 4 is 17.5 Å². The first kappa shape index (κ1) is 28.7. The molecule has 0 radical (unpaired) electrons. The number of carbonyl (C=O) groups excluding carboxylic acids is 3. The number of allylic oxidation sites excluding steroid dienone is 4. The van der Waals surface area contributed by atoms with Gasteiger partial charge in [0.2, 0.25) is 0 Å². The van der Waals surface area contributed by atoms with Gasteiger partial charge in [0.05, 0.1) is 12.9 Å². The summed E-state index contributed by atoms with van der Waals surface area (Å²) in [6.45, 7) is 10.1. The predicted molar refractivity (Wildman–Crippen MR) is 126 cm³/mol. The second-order valence-corrected chi connectivity index (χ2v) is 9.77. The molecule has 0 saturated heterocycles. The monoisotopic (exact) mass is 462 g/mol. The molecule has 0 heterocycles. The van der Waals surface area contributed by atoms with Crippen LogP contribution in [-0.2, 0) is 24.0 Å². The summed E-state index contributed by atoms with van der Waals surface area (Å²) in [6, 6.07) is 0. The minimum absolute atomic E-state index is 0.0317. The van der Waals surface area contributed by atoms with Gasteiger partial charge in [-0.1, -0.05) is 30.7 Å². The Morgan fingerprint density at radius 1 is 1.27 bits per heavy atom. The van der Waals surface area contributed by atoms with Crippen LogP contribution in [0.4, 0.5) is 0 Å². The average molecular weight is 463 g/mol. The second kappa shape index (κ2) is 12.8. The Bertz CT molecular complexity index is 828. The van der Waals surface area contributed by atoms with Crippen molar-refractivity contribution in [1.29, 1.82) is 0 Å². The summed E-state index contributed by atoms with van der Waals surface area (Å²) in [6.07, 6.45) is 11.6. The van der Waals surface area contributed by atoms with E-state index < -0.39 is 35.4 Å². The molecule has 1 rings (SSSR count). The Kier molecular flexibility index (Phi) is 11.1. The van der Waals surface area contributed by atoms with Crippen LogP contribution in [0.2, 0.25) is 0 Å². The first-order chi connectivity index (χ1) is 15.3. The maximum absolute atomic E-state index is 13.2. The van der Waals surface area contributed by atoms with Gasteiger partial charge in [-0.2, -0.15) is 0 Å². The van der Waals surface area contributed by atoms with Crippen LogP contribution >= 0.6 is 0 Å². The van der Waals surface area contributed by atoms with Crippen LogP contribution in [-0.4, -0.2) is 40.1 Å². The van der Waals surface area contributed by atoms with E-state index in [0.29, 0.717) is 24.8 Å². The number of rotatable bonds is 11. The largest absolute Gasteiger partial charge is 0.432 e. The fourth-order valence-electron chi connectivity index (χ4n) is 4.06. The summed E-state index contributed by atoms with van der Waals surface area (Å²) >= 11 is 0. The number of aliphatic hydroxyl groups is 1. The minimum atomic E-state index is -0.820. The lowest BCUT2D eigenvalue weighted by Gasteiger charge is -2.38. The number of hydrogen-bond acceptors (Lipinski definition) is 7. The van der Waals surface area contributed by atoms with Gasteiger partial charge in [-0.05, 0) is 71.3 Å². The lowest BCUT2D eigenvalue weighted by molar-refractivity contribution is -0.297. The van der Waals surface area contributed by atoms with Crippen LogP contribution in [0.5, 0.6) is 0 Å². The van der Waals surface area contributed by atoms with E-state index >= 15 is 0 Å². The Hall–Kier alpha value is -2.35. The van der Waals surface area contributed by atoms with Crippen molar-refractivity contribution in [3.8, 4) is 0 Å². The zero-order valence-corrected chi connectivity index (χ0v) is 20.6. The van der Waals surface area contributed by atoms with E-state index in [4.69, 9.17) is 9.99 Å². The number of aliphatic hydroxyl groups excluding tert-OH is 1. The maximum atomic E-state index is 13.2. The Morgan fingerprint density at radius 3 is 2.48 bits per heavy atom. The molecule has 33 heavy (non-hydrogen) atoms. The summed E-state index contributed by atoms with van der Waals surface area (Å²) in [5.41, 5.74) is -0.174. The molecule has 0 fully saturated rings. The van der Waals surface area contributed by atoms with Gasteiger partial charge in [0, 0.05) is 24.0 Å². The van der Waals surface area contributed by atoms with Crippen molar-refractivity contribution < 1.29 is 34.4 Å². The zero-order valence-electron chi connectivity index (χ0n) is 20.6. The summed E-state index contributed by atoms with van der Waals surface area (Å²) in [7, 11) is 0. The fourth-order valence-corrected chi connectivity index (χ4v) is 4.06. The molecular weight excluding hydrogens is 424 g/mol. The van der Waals surface area contributed by atoms with Crippen molar-refractivity contribution in [2.45, 2.75) is 72.8 Å². The highest BCUT2D eigenvalue weighted by atomic mass is 17.1. The molecule has 1 aliphatic rings. The molecule has 0 aromatic rings. The molecule has 0 aromatic carbocycles. The van der Waals surface area contributed by atoms with Crippen molar-refractivity contribution in [1.82, 2.24) is 0 Å². The molecule has 1 aliphatic carbocycles. The first-order valence-electron chi connectivity index (χ1n) is 11.2. The third kappa shape index (κ3) is 9.20. The standard InChI is InChI=1S/C26H38O7/c1-18(2)15-23(29)32-14-10-22-21(16-19(3)28)24(30)20(17-27)9-13-26(22,6)12-8-7-11-25(4,5)33-31/h7,9-11,14-15,21-22,27,31H,8,12-13,16-17H2,1-6H3. The summed E-state index contributed by atoms with van der Waals surface area (Å²) in [5.74, 6) is -1.97. The highest BCUT2D eigenvalue weighted by Gasteiger charge is 2.43. The number of ketones is 2. The summed E-state index contributed by atoms with van der Waals surface area (Å²) < 4.78 is 5.20. The number of ether oxygens (including phenoxy) is 1. The summed E-state index contributed by atoms with van der Waals surface area (Å²) in [5, 5.41) is 18.7. The fraction of sp³-hybridized carbons (Fsp3) is 0.577. The number of carbonyl (C=O) groups is 3. The van der Waals surface area contributed by atoms with E-state index in [2.05, 4.69) is 4.89 Å². The van der Waals surface area contributed by atoms with Gasteiger partial charge in [-0.3, -0.25) is 10.1 Å². The number of Topliss-reactive ketones (excluding diaryl/α,β-unsaturated/α-hetero) is 2. The van der Waals surface area contributed by atoms with Crippen LogP contribution in [0.15, 0.2) is 47.8 Å². The molecule has 3 atom stereocenters. The van der Waals surface area contributed by atoms with E-state index in [0.717, 1.165) is 5.57 Å². The smallest absolute Gasteiger partial charge is 0.335 e. The molecule has 7 heteroatoms. The Labute approximate surface area is 196 Å². The molecule has 0 saturated carbocycles. The Balaban J connectivity index is 3.30. The molecule has 0 aliphatic heterocycles. The van der Waals surface area contributed by atoms with Crippen LogP contribution in [0.25, 0.3) is 0 Å². The quantitative estimate of drug-likeness (QED) is 0.114. The van der Waals surface area contributed by atoms with Gasteiger partial charge in [-0.25, -0.2) is 9.68 Å². The van der Waals surface area contributed by atoms with Crippen LogP contribution in [0.3, 0.4) is 0 Å². The van der Waals surface area contributed by atoms with Gasteiger partial charge in [0.1, 0.15) is 11.4 Å². The molecule has 0 bridgehead atoms. The van der Waals surface area contributed by atoms with Crippen LogP contribution < -0.4 is 0 Å². The topological polar surface area (TPSA) is 110 Å². The molecule has 3 unspecified atom stereocenters. The van der Waals surface area contributed by atoms with E-state index in [1.165, 1.54) is 19.3 Å². The van der Waals surface area contributed by atoms with Crippen LogP contribution in [0, 0.1) is 17.3 Å². The van der Waals surface area contributed by atoms with Gasteiger partial charge in [-0.15, -0.1) is 0 Å². The molecule has 184 valence electrons. The first-order valence-corrected chi connectivity index (χ1v) is 11.2. The summed E-state index contributed by atoms with van der Waals surface area (Å²) in [4.78, 5) is 41.5. The van der Waals surface area contributed by atoms with E-state index in [1.807, 2.05) is 13.0 Å². The molecule has 0 spiro atoms. The third-order valence-electron chi connectivity index (χ3n) is 5.90. The van der Waals surface area contributed by atoms with Gasteiger partial charge in [0.15, 0.2) is 5.78 Å². The second-order valence-electron chi connectivity index (χ2n) is 9.77. The molecule has 0 aromatic heterocycles. The molecule has 2 N–H and O–H groups in total. The van der Waals surface area contributed by atoms with E-state index in [-0.39, 0.29) is 18.0 Å². The Morgan fingerprint density at radius 2 is 1.94 bits per heavy atom. The SMILES string of the molecule is CC(=O)CC1C(=O)C(CO)=CCC(C)(CCC=CC(C)(C)OO)C1C=COC(=O)C=C(C)C. The third-order valence-corrected chi connectivity index (χ3v) is 5.90. The number of hydrogen-bond donors (Lipinski definition) is 2. The number of esters is 1. The van der Waals surface area contributed by atoms with Gasteiger partial charge < -0.3 is 14.6 Å². The minimum Gasteiger partial charge on any atom is -0.432 e. The predicted octanol–water partition coefficient (Wildman–Crippen LogP) is 4.72. The van der Waals surface area contributed by atoms with Gasteiger partial charge >= 0.3 is 5.97 Å². The van der Waals surface area contributed by atoms with Crippen molar-refractivity contribution in [2.24, 2.45) is 17.3 Å². The highest BCUT2D eigenvalue weighted by molar-refractivity contribution is 6.00. The highest BCUT2D eigenvalue weighted by Crippen LogP contribution is 2.46. The zero-order chi connectivity index (χ0) is 25.2. The van der Waals surface area contributed by atoms with Crippen molar-refractivity contribution in [3.63, 3.8) is 0 Å². The van der Waals surface area contributed by atoms with Gasteiger partial charge in [0.25, 0.3) is 0 Å². The normalized spacial score (nSPS) is 24.0. The van der Waals surface area contributed by atoms with Crippen LogP contribution in [0.1, 0.15) is 67.2 Å². The lowest BCUT2D eigenvalue weighted by atomic mass is 9.65. The molecular formula is C26H38O7. The van der Waals surface area contributed by atoms with Crippen molar-refractivity contribution in [2.75, 3.05) is 6.61 Å². The average Bonchev–Trinajstić information content (AvgIpc) is 2.81. The molecule has 0 amide bonds. The van der Waals surface area contributed by atoms with Crippen molar-refractivity contribution in [3.05, 3.63) is 47.8 Å². The lowest BCUT2D eigenvalue weighted by Crippen LogP contribution is -2.35. The van der Waals surface area contributed by atoms with E-state index in [1.54, 1.807) is 45.9 Å². The maximum Gasteiger partial charge on any atom is 0.335 e. The van der Waals surface area contributed by atoms with E-state index in [9.17, 15) is 19.5 Å².